The quantitative estimate of drug-likeness (QED) is 0.869. The molecule has 0 spiro atoms. The van der Waals surface area contributed by atoms with Crippen LogP contribution in [-0.4, -0.2) is 38.3 Å². The van der Waals surface area contributed by atoms with Crippen molar-refractivity contribution in [1.82, 2.24) is 4.90 Å². The molecule has 1 aromatic rings. The van der Waals surface area contributed by atoms with Gasteiger partial charge in [-0.05, 0) is 50.6 Å². The zero-order valence-electron chi connectivity index (χ0n) is 12.6. The molecule has 0 bridgehead atoms. The lowest BCUT2D eigenvalue weighted by Crippen LogP contribution is -2.37. The number of ether oxygens (including phenoxy) is 2. The summed E-state index contributed by atoms with van der Waals surface area (Å²) in [6.07, 6.45) is 3.87. The number of nitrogens with zero attached hydrogens (tertiary/aromatic N) is 1. The lowest BCUT2D eigenvalue weighted by Gasteiger charge is -2.34. The Morgan fingerprint density at radius 3 is 2.55 bits per heavy atom. The molecule has 1 saturated heterocycles. The molecule has 2 rings (SSSR count). The summed E-state index contributed by atoms with van der Waals surface area (Å²) in [7, 11) is 1.68. The Kier molecular flexibility index (Phi) is 5.68. The second-order valence-electron chi connectivity index (χ2n) is 5.19. The second kappa shape index (κ2) is 7.50. The maximum Gasteiger partial charge on any atom is 0.161 e. The molecular weight excluding hydrogens is 252 g/mol. The van der Waals surface area contributed by atoms with E-state index in [1.807, 2.05) is 13.0 Å². The van der Waals surface area contributed by atoms with Crippen molar-refractivity contribution in [2.45, 2.75) is 32.2 Å². The molecule has 20 heavy (non-hydrogen) atoms. The molecule has 0 radical (unpaired) electrons. The van der Waals surface area contributed by atoms with E-state index < -0.39 is 0 Å². The van der Waals surface area contributed by atoms with Crippen LogP contribution in [0.1, 0.15) is 37.8 Å². The van der Waals surface area contributed by atoms with Crippen LogP contribution in [0.2, 0.25) is 0 Å². The van der Waals surface area contributed by atoms with Crippen molar-refractivity contribution in [1.29, 1.82) is 0 Å². The van der Waals surface area contributed by atoms with Crippen LogP contribution in [0.3, 0.4) is 0 Å². The molecule has 1 heterocycles. The largest absolute Gasteiger partial charge is 0.493 e. The molecule has 1 aliphatic heterocycles. The van der Waals surface area contributed by atoms with E-state index in [-0.39, 0.29) is 6.04 Å². The first-order valence-electron chi connectivity index (χ1n) is 7.55. The van der Waals surface area contributed by atoms with Crippen molar-refractivity contribution < 1.29 is 9.47 Å². The van der Waals surface area contributed by atoms with E-state index in [4.69, 9.17) is 15.2 Å². The number of piperidine rings is 1. The third-order valence-electron chi connectivity index (χ3n) is 3.93. The molecule has 0 saturated carbocycles. The summed E-state index contributed by atoms with van der Waals surface area (Å²) >= 11 is 0. The third kappa shape index (κ3) is 3.44. The minimum atomic E-state index is 0.278. The summed E-state index contributed by atoms with van der Waals surface area (Å²) in [5, 5.41) is 0. The van der Waals surface area contributed by atoms with E-state index in [1.165, 1.54) is 24.8 Å². The van der Waals surface area contributed by atoms with Gasteiger partial charge in [-0.1, -0.05) is 12.5 Å². The Hall–Kier alpha value is -1.26. The first-order chi connectivity index (χ1) is 9.80. The fraction of sp³-hybridized carbons (Fsp3) is 0.625. The van der Waals surface area contributed by atoms with Crippen LogP contribution in [0, 0.1) is 0 Å². The summed E-state index contributed by atoms with van der Waals surface area (Å²) in [5.41, 5.74) is 7.23. The Labute approximate surface area is 121 Å². The molecule has 112 valence electrons. The second-order valence-corrected chi connectivity index (χ2v) is 5.19. The van der Waals surface area contributed by atoms with Crippen LogP contribution in [0.4, 0.5) is 0 Å². The van der Waals surface area contributed by atoms with Crippen LogP contribution in [-0.2, 0) is 0 Å². The van der Waals surface area contributed by atoms with Gasteiger partial charge in [0, 0.05) is 12.6 Å². The van der Waals surface area contributed by atoms with Gasteiger partial charge in [0.2, 0.25) is 0 Å². The van der Waals surface area contributed by atoms with Gasteiger partial charge in [0.25, 0.3) is 0 Å². The van der Waals surface area contributed by atoms with Gasteiger partial charge in [0.05, 0.1) is 13.7 Å². The molecule has 1 aliphatic rings. The highest BCUT2D eigenvalue weighted by Crippen LogP contribution is 2.32. The first-order valence-corrected chi connectivity index (χ1v) is 7.55. The average molecular weight is 278 g/mol. The van der Waals surface area contributed by atoms with E-state index in [0.29, 0.717) is 13.2 Å². The van der Waals surface area contributed by atoms with Crippen molar-refractivity contribution in [3.8, 4) is 11.5 Å². The predicted octanol–water partition coefficient (Wildman–Crippen LogP) is 2.58. The van der Waals surface area contributed by atoms with E-state index in [1.54, 1.807) is 7.11 Å². The summed E-state index contributed by atoms with van der Waals surface area (Å²) in [4.78, 5) is 2.48. The van der Waals surface area contributed by atoms with Gasteiger partial charge in [-0.25, -0.2) is 0 Å². The highest BCUT2D eigenvalue weighted by molar-refractivity contribution is 5.44. The van der Waals surface area contributed by atoms with Crippen LogP contribution < -0.4 is 15.2 Å². The lowest BCUT2D eigenvalue weighted by molar-refractivity contribution is 0.167. The van der Waals surface area contributed by atoms with Gasteiger partial charge in [0.1, 0.15) is 0 Å². The molecule has 1 aromatic carbocycles. The monoisotopic (exact) mass is 278 g/mol. The molecule has 0 aliphatic carbocycles. The maximum atomic E-state index is 6.01. The highest BCUT2D eigenvalue weighted by Gasteiger charge is 2.22. The van der Waals surface area contributed by atoms with Crippen molar-refractivity contribution in [2.24, 2.45) is 5.73 Å². The van der Waals surface area contributed by atoms with E-state index in [9.17, 15) is 0 Å². The molecule has 2 N–H and O–H groups in total. The summed E-state index contributed by atoms with van der Waals surface area (Å²) in [6, 6.07) is 6.45. The number of rotatable bonds is 6. The van der Waals surface area contributed by atoms with Crippen molar-refractivity contribution in [3.05, 3.63) is 23.8 Å². The standard InChI is InChI=1S/C16H26N2O2/c1-3-20-15-8-7-13(11-16(15)19-2)14(12-17)18-9-5-4-6-10-18/h7-8,11,14H,3-6,9-10,12,17H2,1-2H3. The van der Waals surface area contributed by atoms with Gasteiger partial charge < -0.3 is 15.2 Å². The molecule has 1 fully saturated rings. The van der Waals surface area contributed by atoms with Gasteiger partial charge >= 0.3 is 0 Å². The van der Waals surface area contributed by atoms with Crippen LogP contribution >= 0.6 is 0 Å². The normalized spacial score (nSPS) is 17.8. The zero-order valence-corrected chi connectivity index (χ0v) is 12.6. The van der Waals surface area contributed by atoms with Gasteiger partial charge in [-0.15, -0.1) is 0 Å². The summed E-state index contributed by atoms with van der Waals surface area (Å²) in [6.45, 7) is 5.53. The van der Waals surface area contributed by atoms with E-state index in [2.05, 4.69) is 17.0 Å². The molecular formula is C16H26N2O2. The fourth-order valence-electron chi connectivity index (χ4n) is 2.89. The molecule has 0 aromatic heterocycles. The Balaban J connectivity index is 2.20. The number of benzene rings is 1. The van der Waals surface area contributed by atoms with Gasteiger partial charge in [0.15, 0.2) is 11.5 Å². The average Bonchev–Trinajstić information content (AvgIpc) is 2.50. The molecule has 1 unspecified atom stereocenters. The summed E-state index contributed by atoms with van der Waals surface area (Å²) < 4.78 is 11.0. The van der Waals surface area contributed by atoms with Crippen molar-refractivity contribution in [2.75, 3.05) is 33.4 Å². The van der Waals surface area contributed by atoms with Crippen LogP contribution in [0.25, 0.3) is 0 Å². The Morgan fingerprint density at radius 1 is 1.20 bits per heavy atom. The van der Waals surface area contributed by atoms with Crippen LogP contribution in [0.5, 0.6) is 11.5 Å². The minimum absolute atomic E-state index is 0.278. The molecule has 4 nitrogen and oxygen atoms in total. The lowest BCUT2D eigenvalue weighted by atomic mass is 10.0. The number of methoxy groups -OCH3 is 1. The van der Waals surface area contributed by atoms with Gasteiger partial charge in [-0.3, -0.25) is 4.90 Å². The van der Waals surface area contributed by atoms with Gasteiger partial charge in [-0.2, -0.15) is 0 Å². The van der Waals surface area contributed by atoms with E-state index in [0.717, 1.165) is 24.6 Å². The van der Waals surface area contributed by atoms with Crippen molar-refractivity contribution in [3.63, 3.8) is 0 Å². The summed E-state index contributed by atoms with van der Waals surface area (Å²) in [5.74, 6) is 1.59. The van der Waals surface area contributed by atoms with Crippen molar-refractivity contribution >= 4 is 0 Å². The predicted molar refractivity (Wildman–Crippen MR) is 81.4 cm³/mol. The maximum absolute atomic E-state index is 6.01. The first kappa shape index (κ1) is 15.1. The topological polar surface area (TPSA) is 47.7 Å². The Morgan fingerprint density at radius 2 is 1.95 bits per heavy atom. The SMILES string of the molecule is CCOc1ccc(C(CN)N2CCCCC2)cc1OC. The molecule has 1 atom stereocenters. The Bertz CT molecular complexity index is 417. The number of nitrogens with two attached hydrogens (primary N) is 1. The minimum Gasteiger partial charge on any atom is -0.493 e. The highest BCUT2D eigenvalue weighted by atomic mass is 16.5. The van der Waals surface area contributed by atoms with E-state index >= 15 is 0 Å². The molecule has 4 heteroatoms. The number of likely N-dealkylation sites (tertiary alicyclic amines) is 1. The third-order valence-corrected chi connectivity index (χ3v) is 3.93. The smallest absolute Gasteiger partial charge is 0.161 e. The van der Waals surface area contributed by atoms with Crippen LogP contribution in [0.15, 0.2) is 18.2 Å². The molecule has 0 amide bonds. The number of hydrogen-bond donors (Lipinski definition) is 1. The zero-order chi connectivity index (χ0) is 14.4. The number of hydrogen-bond acceptors (Lipinski definition) is 4. The fourth-order valence-corrected chi connectivity index (χ4v) is 2.89.